The molecular formula is C34H27N7O3. The van der Waals surface area contributed by atoms with Gasteiger partial charge in [0.2, 0.25) is 0 Å². The maximum Gasteiger partial charge on any atom is 0.274 e. The maximum atomic E-state index is 14.2. The number of hydrogen-bond donors (Lipinski definition) is 3. The first-order chi connectivity index (χ1) is 21.3. The van der Waals surface area contributed by atoms with Gasteiger partial charge in [0.25, 0.3) is 11.5 Å². The van der Waals surface area contributed by atoms with Crippen LogP contribution in [0.2, 0.25) is 0 Å². The summed E-state index contributed by atoms with van der Waals surface area (Å²) in [6.45, 7) is 1.79. The van der Waals surface area contributed by atoms with E-state index in [9.17, 15) is 14.7 Å². The van der Waals surface area contributed by atoms with Gasteiger partial charge in [-0.2, -0.15) is 5.10 Å². The monoisotopic (exact) mass is 581 g/mol. The molecule has 3 aromatic heterocycles. The van der Waals surface area contributed by atoms with Gasteiger partial charge in [-0.3, -0.25) is 18.8 Å². The number of para-hydroxylation sites is 1. The van der Waals surface area contributed by atoms with E-state index in [-0.39, 0.29) is 22.8 Å². The van der Waals surface area contributed by atoms with E-state index in [1.54, 1.807) is 40.7 Å². The smallest absolute Gasteiger partial charge is 0.274 e. The van der Waals surface area contributed by atoms with Crippen molar-refractivity contribution in [2.45, 2.75) is 13.0 Å². The van der Waals surface area contributed by atoms with Crippen molar-refractivity contribution in [3.05, 3.63) is 130 Å². The minimum Gasteiger partial charge on any atom is -0.508 e. The Labute approximate surface area is 252 Å². The van der Waals surface area contributed by atoms with Gasteiger partial charge in [-0.15, -0.1) is 0 Å². The summed E-state index contributed by atoms with van der Waals surface area (Å²) in [7, 11) is 1.82. The van der Waals surface area contributed by atoms with Gasteiger partial charge < -0.3 is 16.2 Å². The molecular weight excluding hydrogens is 554 g/mol. The fourth-order valence-electron chi connectivity index (χ4n) is 4.95. The number of fused-ring (bicyclic) bond motifs is 1. The molecule has 1 atom stereocenters. The molecule has 1 unspecified atom stereocenters. The summed E-state index contributed by atoms with van der Waals surface area (Å²) in [5.41, 5.74) is 9.34. The van der Waals surface area contributed by atoms with Crippen molar-refractivity contribution in [1.29, 1.82) is 0 Å². The standard InChI is InChI=1S/C34H27N7O3/c1-21(38-33(43)31-32(35)36-19-28(39-31)23-13-15-27(42)16-14-23)29-17-25-8-6-7-24(12-11-22-18-37-40(2)20-22)30(25)34(44)41(29)26-9-4-3-5-10-26/h3-10,13-21,42H,1-2H3,(H2,35,36)(H,38,43). The number of anilines is 1. The third-order valence-corrected chi connectivity index (χ3v) is 7.11. The highest BCUT2D eigenvalue weighted by atomic mass is 16.3. The van der Waals surface area contributed by atoms with Crippen LogP contribution in [0.25, 0.3) is 27.7 Å². The first-order valence-electron chi connectivity index (χ1n) is 13.8. The van der Waals surface area contributed by atoms with Crippen LogP contribution in [0.5, 0.6) is 5.75 Å². The van der Waals surface area contributed by atoms with Gasteiger partial charge in [0.1, 0.15) is 5.75 Å². The van der Waals surface area contributed by atoms with E-state index in [2.05, 4.69) is 32.2 Å². The average molecular weight is 582 g/mol. The quantitative estimate of drug-likeness (QED) is 0.257. The van der Waals surface area contributed by atoms with E-state index in [4.69, 9.17) is 5.73 Å². The van der Waals surface area contributed by atoms with Crippen LogP contribution in [0.3, 0.4) is 0 Å². The van der Waals surface area contributed by atoms with E-state index in [0.29, 0.717) is 39.0 Å². The molecule has 4 N–H and O–H groups in total. The van der Waals surface area contributed by atoms with Gasteiger partial charge in [0, 0.05) is 35.8 Å². The summed E-state index contributed by atoms with van der Waals surface area (Å²) in [6, 6.07) is 22.4. The van der Waals surface area contributed by atoms with Crippen LogP contribution >= 0.6 is 0 Å². The summed E-state index contributed by atoms with van der Waals surface area (Å²) in [5.74, 6) is 5.75. The molecule has 3 heterocycles. The number of amides is 1. The molecule has 1 amide bonds. The van der Waals surface area contributed by atoms with Gasteiger partial charge in [-0.05, 0) is 60.8 Å². The van der Waals surface area contributed by atoms with Crippen molar-refractivity contribution >= 4 is 22.5 Å². The zero-order valence-electron chi connectivity index (χ0n) is 23.9. The second-order valence-corrected chi connectivity index (χ2v) is 10.2. The Morgan fingerprint density at radius 1 is 1.00 bits per heavy atom. The fourth-order valence-corrected chi connectivity index (χ4v) is 4.95. The minimum atomic E-state index is -0.636. The number of nitrogen functional groups attached to an aromatic ring is 1. The summed E-state index contributed by atoms with van der Waals surface area (Å²) in [5, 5.41) is 17.9. The number of aromatic nitrogens is 5. The lowest BCUT2D eigenvalue weighted by atomic mass is 10.0. The molecule has 0 aliphatic rings. The minimum absolute atomic E-state index is 0.0342. The number of aromatic hydroxyl groups is 1. The molecule has 0 radical (unpaired) electrons. The van der Waals surface area contributed by atoms with Crippen molar-refractivity contribution in [2.75, 3.05) is 5.73 Å². The van der Waals surface area contributed by atoms with Crippen LogP contribution in [0.1, 0.15) is 40.3 Å². The molecule has 0 saturated carbocycles. The van der Waals surface area contributed by atoms with E-state index >= 15 is 0 Å². The highest BCUT2D eigenvalue weighted by Gasteiger charge is 2.22. The molecule has 6 rings (SSSR count). The molecule has 0 aliphatic heterocycles. The molecule has 0 aliphatic carbocycles. The van der Waals surface area contributed by atoms with Gasteiger partial charge in [-0.25, -0.2) is 9.97 Å². The van der Waals surface area contributed by atoms with E-state index < -0.39 is 11.9 Å². The molecule has 44 heavy (non-hydrogen) atoms. The van der Waals surface area contributed by atoms with Crippen molar-refractivity contribution in [3.8, 4) is 34.5 Å². The lowest BCUT2D eigenvalue weighted by Crippen LogP contribution is -2.33. The normalized spacial score (nSPS) is 11.5. The Morgan fingerprint density at radius 2 is 1.77 bits per heavy atom. The Balaban J connectivity index is 1.42. The second-order valence-electron chi connectivity index (χ2n) is 10.2. The predicted octanol–water partition coefficient (Wildman–Crippen LogP) is 4.36. The fraction of sp³-hybridized carbons (Fsp3) is 0.0882. The summed E-state index contributed by atoms with van der Waals surface area (Å²) < 4.78 is 3.25. The first kappa shape index (κ1) is 27.9. The molecule has 10 heteroatoms. The molecule has 0 bridgehead atoms. The van der Waals surface area contributed by atoms with E-state index in [0.717, 1.165) is 5.56 Å². The third-order valence-electron chi connectivity index (χ3n) is 7.11. The van der Waals surface area contributed by atoms with Crippen LogP contribution in [-0.2, 0) is 7.05 Å². The summed E-state index contributed by atoms with van der Waals surface area (Å²) in [4.78, 5) is 36.4. The number of benzene rings is 3. The van der Waals surface area contributed by atoms with Crippen LogP contribution < -0.4 is 16.6 Å². The Kier molecular flexibility index (Phi) is 7.35. The Morgan fingerprint density at radius 3 is 2.50 bits per heavy atom. The van der Waals surface area contributed by atoms with E-state index in [1.165, 1.54) is 18.3 Å². The first-order valence-corrected chi connectivity index (χ1v) is 13.8. The predicted molar refractivity (Wildman–Crippen MR) is 168 cm³/mol. The van der Waals surface area contributed by atoms with Crippen molar-refractivity contribution in [2.24, 2.45) is 7.05 Å². The number of phenolic OH excluding ortho intramolecular Hbond substituents is 1. The molecule has 0 spiro atoms. The highest BCUT2D eigenvalue weighted by molar-refractivity contribution is 5.97. The molecule has 0 fully saturated rings. The summed E-state index contributed by atoms with van der Waals surface area (Å²) in [6.07, 6.45) is 4.94. The largest absolute Gasteiger partial charge is 0.508 e. The zero-order valence-corrected chi connectivity index (χ0v) is 23.9. The second kappa shape index (κ2) is 11.6. The van der Waals surface area contributed by atoms with E-state index in [1.807, 2.05) is 61.6 Å². The van der Waals surface area contributed by atoms with Crippen LogP contribution in [0.15, 0.2) is 102 Å². The van der Waals surface area contributed by atoms with Crippen LogP contribution in [0, 0.1) is 11.8 Å². The Hall–Kier alpha value is -6.21. The van der Waals surface area contributed by atoms with Crippen molar-refractivity contribution in [3.63, 3.8) is 0 Å². The third kappa shape index (κ3) is 5.49. The average Bonchev–Trinajstić information content (AvgIpc) is 3.45. The van der Waals surface area contributed by atoms with Crippen molar-refractivity contribution < 1.29 is 9.90 Å². The molecule has 6 aromatic rings. The van der Waals surface area contributed by atoms with Gasteiger partial charge in [0.15, 0.2) is 11.5 Å². The number of pyridine rings is 1. The number of aryl methyl sites for hydroxylation is 1. The highest BCUT2D eigenvalue weighted by Crippen LogP contribution is 2.25. The van der Waals surface area contributed by atoms with Gasteiger partial charge in [0.05, 0.1) is 35.1 Å². The summed E-state index contributed by atoms with van der Waals surface area (Å²) >= 11 is 0. The molecule has 10 nitrogen and oxygen atoms in total. The van der Waals surface area contributed by atoms with Crippen LogP contribution in [0.4, 0.5) is 5.82 Å². The lowest BCUT2D eigenvalue weighted by molar-refractivity contribution is 0.0934. The number of phenols is 1. The van der Waals surface area contributed by atoms with Gasteiger partial charge in [-0.1, -0.05) is 42.2 Å². The lowest BCUT2D eigenvalue weighted by Gasteiger charge is -2.21. The number of nitrogens with zero attached hydrogens (tertiary/aromatic N) is 5. The SMILES string of the molecule is CC(NC(=O)c1nc(-c2ccc(O)cc2)cnc1N)c1cc2cccc(C#Cc3cnn(C)c3)c2c(=O)n1-c1ccccc1. The van der Waals surface area contributed by atoms with Crippen molar-refractivity contribution in [1.82, 2.24) is 29.6 Å². The zero-order chi connectivity index (χ0) is 30.8. The molecule has 216 valence electrons. The number of carbonyl (C=O) groups excluding carboxylic acids is 1. The number of hydrogen-bond acceptors (Lipinski definition) is 7. The number of nitrogens with two attached hydrogens (primary N) is 1. The maximum absolute atomic E-state index is 14.2. The Bertz CT molecular complexity index is 2140. The topological polar surface area (TPSA) is 141 Å². The molecule has 0 saturated heterocycles. The number of carbonyl (C=O) groups is 1. The number of rotatable bonds is 5. The molecule has 3 aromatic carbocycles. The van der Waals surface area contributed by atoms with Crippen LogP contribution in [-0.4, -0.2) is 35.3 Å². The number of nitrogens with one attached hydrogen (secondary N) is 1. The van der Waals surface area contributed by atoms with Gasteiger partial charge >= 0.3 is 0 Å².